The van der Waals surface area contributed by atoms with Gasteiger partial charge in [0.2, 0.25) is 11.8 Å². The van der Waals surface area contributed by atoms with Crippen molar-refractivity contribution >= 4 is 50.9 Å². The molecule has 3 rings (SSSR count). The van der Waals surface area contributed by atoms with E-state index in [1.165, 1.54) is 17.0 Å². The molecule has 200 valence electrons. The van der Waals surface area contributed by atoms with Crippen LogP contribution in [0.1, 0.15) is 62.4 Å². The molecule has 0 saturated carbocycles. The van der Waals surface area contributed by atoms with Gasteiger partial charge in [0.15, 0.2) is 0 Å². The highest BCUT2D eigenvalue weighted by atomic mass is 35.5. The van der Waals surface area contributed by atoms with Crippen molar-refractivity contribution in [1.82, 2.24) is 14.5 Å². The average molecular weight is 569 g/mol. The summed E-state index contributed by atoms with van der Waals surface area (Å²) in [4.78, 5) is 40.6. The first-order valence-corrected chi connectivity index (χ1v) is 14.4. The molecule has 0 bridgehead atoms. The monoisotopic (exact) mass is 567 g/mol. The Balaban J connectivity index is 1.78. The minimum atomic E-state index is -3.96. The maximum Gasteiger partial charge on any atom is 0.269 e. The van der Waals surface area contributed by atoms with E-state index in [9.17, 15) is 22.8 Å². The largest absolute Gasteiger partial charge is 0.352 e. The second-order valence-corrected chi connectivity index (χ2v) is 11.7. The van der Waals surface area contributed by atoms with Gasteiger partial charge in [-0.3, -0.25) is 14.4 Å². The first kappa shape index (κ1) is 28.9. The van der Waals surface area contributed by atoms with E-state index in [1.54, 1.807) is 30.3 Å². The van der Waals surface area contributed by atoms with Gasteiger partial charge in [0, 0.05) is 35.6 Å². The topological polar surface area (TPSA) is 104 Å². The van der Waals surface area contributed by atoms with Crippen LogP contribution in [0.15, 0.2) is 47.4 Å². The fraction of sp³-hybridized carbons (Fsp3) is 0.423. The molecule has 0 radical (unpaired) electrons. The standard InChI is InChI=1S/C26H31Cl2N3O5S/c1-4-17(3)29-25(33)22(5-2)30(16-18-12-13-19(27)15-21(18)28)24(32)11-8-14-31-26(34)20-9-6-7-10-23(20)37(31,35)36/h6-7,9-10,12-13,15,17,22H,4-5,8,11,14,16H2,1-3H3,(H,29,33)/t17-,22+/m1/s1. The van der Waals surface area contributed by atoms with Crippen molar-refractivity contribution in [3.05, 3.63) is 63.6 Å². The molecule has 2 aromatic rings. The van der Waals surface area contributed by atoms with Crippen LogP contribution in [0.4, 0.5) is 0 Å². The van der Waals surface area contributed by atoms with E-state index in [2.05, 4.69) is 5.32 Å². The number of hydrogen-bond acceptors (Lipinski definition) is 5. The highest BCUT2D eigenvalue weighted by Crippen LogP contribution is 2.30. The van der Waals surface area contributed by atoms with Crippen LogP contribution in [0.2, 0.25) is 10.0 Å². The first-order chi connectivity index (χ1) is 17.5. The Hall–Kier alpha value is -2.62. The van der Waals surface area contributed by atoms with Gasteiger partial charge in [0.1, 0.15) is 10.9 Å². The molecule has 0 aliphatic carbocycles. The Morgan fingerprint density at radius 1 is 1.08 bits per heavy atom. The van der Waals surface area contributed by atoms with E-state index < -0.39 is 22.0 Å². The minimum absolute atomic E-state index is 0.0295. The number of nitrogens with one attached hydrogen (secondary N) is 1. The van der Waals surface area contributed by atoms with Crippen LogP contribution in [0.3, 0.4) is 0 Å². The van der Waals surface area contributed by atoms with E-state index >= 15 is 0 Å². The Bertz CT molecular complexity index is 1280. The lowest BCUT2D eigenvalue weighted by atomic mass is 10.1. The van der Waals surface area contributed by atoms with Crippen molar-refractivity contribution < 1.29 is 22.8 Å². The molecule has 0 unspecified atom stereocenters. The molecular weight excluding hydrogens is 537 g/mol. The van der Waals surface area contributed by atoms with E-state index in [-0.39, 0.29) is 54.2 Å². The molecule has 0 fully saturated rings. The summed E-state index contributed by atoms with van der Waals surface area (Å²) < 4.78 is 26.4. The van der Waals surface area contributed by atoms with Crippen molar-refractivity contribution in [2.75, 3.05) is 6.54 Å². The second kappa shape index (κ2) is 12.3. The molecule has 2 atom stereocenters. The maximum atomic E-state index is 13.4. The number of amides is 3. The summed E-state index contributed by atoms with van der Waals surface area (Å²) >= 11 is 12.4. The highest BCUT2D eigenvalue weighted by Gasteiger charge is 2.40. The van der Waals surface area contributed by atoms with Crippen LogP contribution in [-0.2, 0) is 26.2 Å². The van der Waals surface area contributed by atoms with E-state index in [0.29, 0.717) is 22.0 Å². The number of halogens is 2. The Morgan fingerprint density at radius 2 is 1.78 bits per heavy atom. The number of carbonyl (C=O) groups is 3. The van der Waals surface area contributed by atoms with Gasteiger partial charge in [0.05, 0.1) is 5.56 Å². The summed E-state index contributed by atoms with van der Waals surface area (Å²) in [5.74, 6) is -1.23. The third-order valence-corrected chi connectivity index (χ3v) is 8.83. The molecule has 0 aromatic heterocycles. The Morgan fingerprint density at radius 3 is 2.41 bits per heavy atom. The number of nitrogens with zero attached hydrogens (tertiary/aromatic N) is 2. The van der Waals surface area contributed by atoms with Crippen molar-refractivity contribution in [3.63, 3.8) is 0 Å². The second-order valence-electron chi connectivity index (χ2n) is 8.98. The van der Waals surface area contributed by atoms with Gasteiger partial charge in [-0.15, -0.1) is 0 Å². The van der Waals surface area contributed by atoms with Crippen LogP contribution >= 0.6 is 23.2 Å². The van der Waals surface area contributed by atoms with Gasteiger partial charge < -0.3 is 10.2 Å². The molecule has 0 spiro atoms. The Labute approximate surface area is 228 Å². The maximum absolute atomic E-state index is 13.4. The molecule has 37 heavy (non-hydrogen) atoms. The average Bonchev–Trinajstić information content (AvgIpc) is 3.05. The fourth-order valence-corrected chi connectivity index (χ4v) is 6.24. The lowest BCUT2D eigenvalue weighted by Crippen LogP contribution is -2.50. The third-order valence-electron chi connectivity index (χ3n) is 6.41. The molecule has 3 amide bonds. The van der Waals surface area contributed by atoms with Gasteiger partial charge in [0.25, 0.3) is 15.9 Å². The van der Waals surface area contributed by atoms with E-state index in [4.69, 9.17) is 23.2 Å². The van der Waals surface area contributed by atoms with Crippen molar-refractivity contribution in [2.45, 2.75) is 70.0 Å². The number of sulfonamides is 1. The number of carbonyl (C=O) groups excluding carboxylic acids is 3. The van der Waals surface area contributed by atoms with Crippen molar-refractivity contribution in [3.8, 4) is 0 Å². The molecule has 2 aromatic carbocycles. The van der Waals surface area contributed by atoms with Crippen LogP contribution < -0.4 is 5.32 Å². The van der Waals surface area contributed by atoms with Crippen molar-refractivity contribution in [2.24, 2.45) is 0 Å². The summed E-state index contributed by atoms with van der Waals surface area (Å²) in [6.07, 6.45) is 1.15. The lowest BCUT2D eigenvalue weighted by Gasteiger charge is -2.32. The summed E-state index contributed by atoms with van der Waals surface area (Å²) in [5, 5.41) is 3.75. The molecule has 1 N–H and O–H groups in total. The van der Waals surface area contributed by atoms with Gasteiger partial charge in [-0.25, -0.2) is 12.7 Å². The van der Waals surface area contributed by atoms with Crippen LogP contribution in [0.5, 0.6) is 0 Å². The van der Waals surface area contributed by atoms with E-state index in [0.717, 1.165) is 10.7 Å². The van der Waals surface area contributed by atoms with Gasteiger partial charge >= 0.3 is 0 Å². The molecule has 8 nitrogen and oxygen atoms in total. The lowest BCUT2D eigenvalue weighted by molar-refractivity contribution is -0.141. The molecule has 1 heterocycles. The SMILES string of the molecule is CC[C@@H](C)NC(=O)[C@H](CC)N(Cc1ccc(Cl)cc1Cl)C(=O)CCCN1C(=O)c2ccccc2S1(=O)=O. The molecule has 1 aliphatic rings. The quantitative estimate of drug-likeness (QED) is 0.426. The Kier molecular flexibility index (Phi) is 9.61. The van der Waals surface area contributed by atoms with Crippen LogP contribution in [-0.4, -0.2) is 54.0 Å². The molecule has 1 aliphatic heterocycles. The predicted octanol–water partition coefficient (Wildman–Crippen LogP) is 4.64. The number of hydrogen-bond donors (Lipinski definition) is 1. The number of rotatable bonds is 11. The number of fused-ring (bicyclic) bond motifs is 1. The normalized spacial score (nSPS) is 15.7. The fourth-order valence-electron chi connectivity index (χ4n) is 4.16. The zero-order chi connectivity index (χ0) is 27.3. The van der Waals surface area contributed by atoms with Crippen molar-refractivity contribution in [1.29, 1.82) is 0 Å². The summed E-state index contributed by atoms with van der Waals surface area (Å²) in [7, 11) is -3.96. The summed E-state index contributed by atoms with van der Waals surface area (Å²) in [6, 6.07) is 10.2. The minimum Gasteiger partial charge on any atom is -0.352 e. The zero-order valence-corrected chi connectivity index (χ0v) is 23.4. The molecule has 0 saturated heterocycles. The zero-order valence-electron chi connectivity index (χ0n) is 21.0. The van der Waals surface area contributed by atoms with Gasteiger partial charge in [-0.1, -0.05) is 55.2 Å². The number of benzene rings is 2. The van der Waals surface area contributed by atoms with Gasteiger partial charge in [-0.05, 0) is 56.0 Å². The van der Waals surface area contributed by atoms with Crippen LogP contribution in [0.25, 0.3) is 0 Å². The molecular formula is C26H31Cl2N3O5S. The summed E-state index contributed by atoms with van der Waals surface area (Å²) in [6.45, 7) is 5.59. The highest BCUT2D eigenvalue weighted by molar-refractivity contribution is 7.90. The molecule has 11 heteroatoms. The smallest absolute Gasteiger partial charge is 0.269 e. The predicted molar refractivity (Wildman–Crippen MR) is 143 cm³/mol. The van der Waals surface area contributed by atoms with Gasteiger partial charge in [-0.2, -0.15) is 0 Å². The summed E-state index contributed by atoms with van der Waals surface area (Å²) in [5.41, 5.74) is 0.752. The van der Waals surface area contributed by atoms with Crippen LogP contribution in [0, 0.1) is 0 Å². The first-order valence-electron chi connectivity index (χ1n) is 12.2. The van der Waals surface area contributed by atoms with E-state index in [1.807, 2.05) is 20.8 Å². The third kappa shape index (κ3) is 6.45.